The van der Waals surface area contributed by atoms with E-state index in [4.69, 9.17) is 0 Å². The number of amides is 2. The molecule has 0 atom stereocenters. The third kappa shape index (κ3) is 6.12. The third-order valence-corrected chi connectivity index (χ3v) is 8.55. The number of alkyl halides is 3. The standard InChI is InChI=1S/C35H30F3N9O2/c1-3-21-12-27-30(4-6-42-31(27)28(13-21)33(48)43-17-23-16-39-7-8-41-23)47-10-5-24-25(29-19-45(2)44-32(29)35(36,37)38)14-22(15-26(24)34(47)49)18-46-11-9-40-20-46/h4,6-9,11-16,19-20H,3,5,10,17-18H2,1-2H3,(H,43,48). The zero-order valence-electron chi connectivity index (χ0n) is 26.6. The quantitative estimate of drug-likeness (QED) is 0.232. The van der Waals surface area contributed by atoms with Gasteiger partial charge >= 0.3 is 6.18 Å². The van der Waals surface area contributed by atoms with Gasteiger partial charge in [-0.2, -0.15) is 18.3 Å². The lowest BCUT2D eigenvalue weighted by molar-refractivity contribution is -0.141. The zero-order valence-corrected chi connectivity index (χ0v) is 26.6. The van der Waals surface area contributed by atoms with E-state index in [1.807, 2.05) is 13.0 Å². The van der Waals surface area contributed by atoms with Crippen LogP contribution in [0.2, 0.25) is 0 Å². The number of anilines is 1. The molecule has 7 rings (SSSR count). The summed E-state index contributed by atoms with van der Waals surface area (Å²) in [6.45, 7) is 2.63. The Hall–Kier alpha value is -5.92. The molecule has 0 bridgehead atoms. The van der Waals surface area contributed by atoms with Crippen LogP contribution in [0.4, 0.5) is 18.9 Å². The van der Waals surface area contributed by atoms with Crippen LogP contribution in [0.3, 0.4) is 0 Å². The second-order valence-electron chi connectivity index (χ2n) is 11.8. The van der Waals surface area contributed by atoms with Crippen molar-refractivity contribution in [3.05, 3.63) is 119 Å². The predicted molar refractivity (Wildman–Crippen MR) is 175 cm³/mol. The zero-order chi connectivity index (χ0) is 34.3. The molecule has 0 saturated carbocycles. The van der Waals surface area contributed by atoms with Crippen molar-refractivity contribution < 1.29 is 22.8 Å². The molecule has 1 aliphatic heterocycles. The molecule has 0 saturated heterocycles. The Kier molecular flexibility index (Phi) is 8.14. The molecule has 0 fully saturated rings. The van der Waals surface area contributed by atoms with Gasteiger partial charge in [-0.05, 0) is 65.4 Å². The molecule has 0 radical (unpaired) electrons. The number of imidazole rings is 1. The highest BCUT2D eigenvalue weighted by atomic mass is 19.4. The summed E-state index contributed by atoms with van der Waals surface area (Å²) >= 11 is 0. The summed E-state index contributed by atoms with van der Waals surface area (Å²) in [6, 6.07) is 8.88. The smallest absolute Gasteiger partial charge is 0.346 e. The summed E-state index contributed by atoms with van der Waals surface area (Å²) in [7, 11) is 1.44. The summed E-state index contributed by atoms with van der Waals surface area (Å²) in [6.07, 6.45) is 8.74. The summed E-state index contributed by atoms with van der Waals surface area (Å²) in [5, 5.41) is 7.23. The number of aryl methyl sites for hydroxylation is 2. The molecule has 2 amide bonds. The van der Waals surface area contributed by atoms with Gasteiger partial charge in [-0.1, -0.05) is 6.92 Å². The lowest BCUT2D eigenvalue weighted by Gasteiger charge is -2.31. The van der Waals surface area contributed by atoms with Crippen molar-refractivity contribution in [2.75, 3.05) is 11.4 Å². The van der Waals surface area contributed by atoms with Crippen molar-refractivity contribution in [1.82, 2.24) is 39.6 Å². The number of hydrogen-bond donors (Lipinski definition) is 1. The van der Waals surface area contributed by atoms with Crippen LogP contribution in [0.15, 0.2) is 80.0 Å². The number of carbonyl (C=O) groups is 2. The lowest BCUT2D eigenvalue weighted by atomic mass is 9.87. The van der Waals surface area contributed by atoms with Gasteiger partial charge in [-0.15, -0.1) is 0 Å². The maximum absolute atomic E-state index is 14.5. The molecular formula is C35H30F3N9O2. The molecule has 6 aromatic rings. The molecule has 4 aromatic heterocycles. The number of fused-ring (bicyclic) bond motifs is 2. The van der Waals surface area contributed by atoms with Crippen LogP contribution in [0.25, 0.3) is 22.0 Å². The van der Waals surface area contributed by atoms with Gasteiger partial charge in [-0.3, -0.25) is 29.2 Å². The molecule has 0 aliphatic carbocycles. The number of aromatic nitrogens is 7. The van der Waals surface area contributed by atoms with Gasteiger partial charge in [0, 0.05) is 73.8 Å². The fraction of sp³-hybridized carbons (Fsp3) is 0.229. The van der Waals surface area contributed by atoms with Crippen LogP contribution in [0.1, 0.15) is 55.7 Å². The highest BCUT2D eigenvalue weighted by Crippen LogP contribution is 2.41. The number of pyridine rings is 1. The Bertz CT molecular complexity index is 2200. The first-order chi connectivity index (χ1) is 23.6. The Morgan fingerprint density at radius 1 is 0.980 bits per heavy atom. The van der Waals surface area contributed by atoms with Crippen molar-refractivity contribution in [1.29, 1.82) is 0 Å². The molecule has 0 unspecified atom stereocenters. The van der Waals surface area contributed by atoms with Gasteiger partial charge in [0.2, 0.25) is 0 Å². The largest absolute Gasteiger partial charge is 0.435 e. The lowest BCUT2D eigenvalue weighted by Crippen LogP contribution is -2.38. The van der Waals surface area contributed by atoms with E-state index in [1.54, 1.807) is 77.2 Å². The topological polar surface area (TPSA) is 124 Å². The third-order valence-electron chi connectivity index (χ3n) is 8.55. The molecular weight excluding hydrogens is 635 g/mol. The molecule has 5 heterocycles. The van der Waals surface area contributed by atoms with E-state index >= 15 is 0 Å². The molecule has 49 heavy (non-hydrogen) atoms. The minimum atomic E-state index is -4.69. The van der Waals surface area contributed by atoms with Crippen molar-refractivity contribution in [3.8, 4) is 11.1 Å². The molecule has 1 aliphatic rings. The summed E-state index contributed by atoms with van der Waals surface area (Å²) in [5.41, 5.74) is 3.47. The van der Waals surface area contributed by atoms with Gasteiger partial charge in [0.1, 0.15) is 0 Å². The summed E-state index contributed by atoms with van der Waals surface area (Å²) in [4.78, 5) is 46.4. The Morgan fingerprint density at radius 3 is 2.55 bits per heavy atom. The summed E-state index contributed by atoms with van der Waals surface area (Å²) in [5.74, 6) is -0.716. The molecule has 0 spiro atoms. The van der Waals surface area contributed by atoms with Crippen LogP contribution in [-0.4, -0.2) is 52.6 Å². The number of rotatable bonds is 8. The van der Waals surface area contributed by atoms with Crippen molar-refractivity contribution in [3.63, 3.8) is 0 Å². The van der Waals surface area contributed by atoms with Crippen molar-refractivity contribution in [2.45, 2.75) is 39.0 Å². The fourth-order valence-corrected chi connectivity index (χ4v) is 6.31. The molecule has 14 heteroatoms. The van der Waals surface area contributed by atoms with Crippen LogP contribution < -0.4 is 10.2 Å². The summed E-state index contributed by atoms with van der Waals surface area (Å²) < 4.78 is 45.4. The van der Waals surface area contributed by atoms with Crippen LogP contribution in [0, 0.1) is 0 Å². The predicted octanol–water partition coefficient (Wildman–Crippen LogP) is 5.38. The maximum Gasteiger partial charge on any atom is 0.435 e. The van der Waals surface area contributed by atoms with Gasteiger partial charge in [-0.25, -0.2) is 4.98 Å². The minimum Gasteiger partial charge on any atom is -0.346 e. The second kappa shape index (κ2) is 12.6. The Morgan fingerprint density at radius 2 is 1.82 bits per heavy atom. The first-order valence-electron chi connectivity index (χ1n) is 15.6. The molecule has 11 nitrogen and oxygen atoms in total. The number of nitrogens with zero attached hydrogens (tertiary/aromatic N) is 8. The number of hydrogen-bond acceptors (Lipinski definition) is 7. The average molecular weight is 666 g/mol. The molecule has 2 aromatic carbocycles. The van der Waals surface area contributed by atoms with Gasteiger partial charge < -0.3 is 14.8 Å². The highest BCUT2D eigenvalue weighted by Gasteiger charge is 2.39. The monoisotopic (exact) mass is 665 g/mol. The van der Waals surface area contributed by atoms with E-state index in [0.717, 1.165) is 10.2 Å². The van der Waals surface area contributed by atoms with E-state index in [9.17, 15) is 22.8 Å². The maximum atomic E-state index is 14.5. The SMILES string of the molecule is CCc1cc(C(=O)NCc2cnccn2)c2nccc(N3CCc4c(cc(Cn5ccnc5)cc4-c4cn(C)nc4C(F)(F)F)C3=O)c2c1. The number of benzene rings is 2. The number of carbonyl (C=O) groups excluding carboxylic acids is 2. The van der Waals surface area contributed by atoms with Gasteiger partial charge in [0.15, 0.2) is 5.69 Å². The van der Waals surface area contributed by atoms with E-state index < -0.39 is 11.9 Å². The van der Waals surface area contributed by atoms with Crippen LogP contribution in [-0.2, 0) is 39.2 Å². The number of halogens is 3. The fourth-order valence-electron chi connectivity index (χ4n) is 6.31. The van der Waals surface area contributed by atoms with E-state index in [-0.39, 0.29) is 36.9 Å². The average Bonchev–Trinajstić information content (AvgIpc) is 3.76. The van der Waals surface area contributed by atoms with Crippen LogP contribution in [0.5, 0.6) is 0 Å². The Labute approximate surface area is 278 Å². The first kappa shape index (κ1) is 31.7. The normalized spacial score (nSPS) is 13.2. The van der Waals surface area contributed by atoms with Crippen molar-refractivity contribution >= 4 is 28.4 Å². The highest BCUT2D eigenvalue weighted by molar-refractivity contribution is 6.15. The second-order valence-corrected chi connectivity index (χ2v) is 11.8. The van der Waals surface area contributed by atoms with E-state index in [2.05, 4.69) is 30.4 Å². The van der Waals surface area contributed by atoms with Gasteiger partial charge in [0.05, 0.1) is 41.5 Å². The molecule has 248 valence electrons. The van der Waals surface area contributed by atoms with E-state index in [0.29, 0.717) is 63.1 Å². The molecule has 1 N–H and O–H groups in total. The minimum absolute atomic E-state index is 0.0842. The van der Waals surface area contributed by atoms with E-state index in [1.165, 1.54) is 13.2 Å². The Balaban J connectivity index is 1.32. The first-order valence-corrected chi connectivity index (χ1v) is 15.6. The van der Waals surface area contributed by atoms with Gasteiger partial charge in [0.25, 0.3) is 11.8 Å². The number of nitrogens with one attached hydrogen (secondary N) is 1. The van der Waals surface area contributed by atoms with Crippen LogP contribution >= 0.6 is 0 Å². The van der Waals surface area contributed by atoms with Crippen molar-refractivity contribution in [2.24, 2.45) is 7.05 Å².